The molecule has 0 aromatic rings. The molecule has 1 aliphatic heterocycles. The van der Waals surface area contributed by atoms with Crippen molar-refractivity contribution in [2.24, 2.45) is 0 Å². The first kappa shape index (κ1) is 13.9. The van der Waals surface area contributed by atoms with Crippen LogP contribution in [0.3, 0.4) is 0 Å². The van der Waals surface area contributed by atoms with E-state index in [-0.39, 0.29) is 11.2 Å². The van der Waals surface area contributed by atoms with Gasteiger partial charge in [-0.15, -0.1) is 0 Å². The van der Waals surface area contributed by atoms with Crippen molar-refractivity contribution in [3.8, 4) is 0 Å². The molecule has 0 aliphatic carbocycles. The van der Waals surface area contributed by atoms with Gasteiger partial charge >= 0.3 is 0 Å². The molecule has 1 fully saturated rings. The van der Waals surface area contributed by atoms with Gasteiger partial charge in [0, 0.05) is 13.5 Å². The van der Waals surface area contributed by atoms with E-state index in [0.717, 1.165) is 25.9 Å². The van der Waals surface area contributed by atoms with Gasteiger partial charge in [-0.25, -0.2) is 0 Å². The Labute approximate surface area is 99.5 Å². The molecule has 1 aliphatic rings. The van der Waals surface area contributed by atoms with E-state index in [2.05, 4.69) is 27.7 Å². The van der Waals surface area contributed by atoms with Crippen LogP contribution in [0.4, 0.5) is 0 Å². The lowest BCUT2D eigenvalue weighted by Gasteiger charge is -2.34. The molecule has 3 nitrogen and oxygen atoms in total. The summed E-state index contributed by atoms with van der Waals surface area (Å²) < 4.78 is 16.8. The van der Waals surface area contributed by atoms with Gasteiger partial charge in [0.15, 0.2) is 0 Å². The molecule has 3 unspecified atom stereocenters. The van der Waals surface area contributed by atoms with Gasteiger partial charge in [0.05, 0.1) is 30.5 Å². The standard InChI is InChI=1S/C13H26O3/c1-6-12(3,8-11-9-15-11)16-10-13(4,7-2)14-5/h11H,6-10H2,1-5H3. The highest BCUT2D eigenvalue weighted by Crippen LogP contribution is 2.30. The largest absolute Gasteiger partial charge is 0.376 e. The van der Waals surface area contributed by atoms with Gasteiger partial charge in [-0.1, -0.05) is 13.8 Å². The first-order valence-corrected chi connectivity index (χ1v) is 6.27. The summed E-state index contributed by atoms with van der Waals surface area (Å²) in [6.45, 7) is 10.1. The number of epoxide rings is 1. The molecular formula is C13H26O3. The molecule has 0 aromatic heterocycles. The molecule has 0 aromatic carbocycles. The van der Waals surface area contributed by atoms with Gasteiger partial charge in [-0.05, 0) is 26.7 Å². The van der Waals surface area contributed by atoms with E-state index in [0.29, 0.717) is 12.7 Å². The van der Waals surface area contributed by atoms with Crippen LogP contribution >= 0.6 is 0 Å². The third-order valence-electron chi connectivity index (χ3n) is 3.78. The van der Waals surface area contributed by atoms with Crippen LogP contribution < -0.4 is 0 Å². The third kappa shape index (κ3) is 4.04. The lowest BCUT2D eigenvalue weighted by molar-refractivity contribution is -0.127. The molecule has 1 heterocycles. The number of hydrogen-bond donors (Lipinski definition) is 0. The molecule has 16 heavy (non-hydrogen) atoms. The molecule has 96 valence electrons. The lowest BCUT2D eigenvalue weighted by atomic mass is 9.96. The zero-order valence-corrected chi connectivity index (χ0v) is 11.3. The van der Waals surface area contributed by atoms with Gasteiger partial charge in [0.2, 0.25) is 0 Å². The van der Waals surface area contributed by atoms with Crippen molar-refractivity contribution in [2.75, 3.05) is 20.3 Å². The Morgan fingerprint density at radius 3 is 2.12 bits per heavy atom. The zero-order chi connectivity index (χ0) is 12.2. The van der Waals surface area contributed by atoms with Crippen LogP contribution in [0.25, 0.3) is 0 Å². The summed E-state index contributed by atoms with van der Waals surface area (Å²) in [5.41, 5.74) is -0.239. The molecule has 0 bridgehead atoms. The predicted molar refractivity (Wildman–Crippen MR) is 64.7 cm³/mol. The summed E-state index contributed by atoms with van der Waals surface area (Å²) in [5.74, 6) is 0. The van der Waals surface area contributed by atoms with Crippen molar-refractivity contribution in [2.45, 2.75) is 64.3 Å². The van der Waals surface area contributed by atoms with Gasteiger partial charge in [0.1, 0.15) is 0 Å². The normalized spacial score (nSPS) is 27.2. The molecule has 1 rings (SSSR count). The molecule has 3 atom stereocenters. The molecule has 0 saturated carbocycles. The van der Waals surface area contributed by atoms with Crippen molar-refractivity contribution >= 4 is 0 Å². The van der Waals surface area contributed by atoms with Crippen LogP contribution in [-0.4, -0.2) is 37.6 Å². The van der Waals surface area contributed by atoms with Crippen LogP contribution in [0, 0.1) is 0 Å². The van der Waals surface area contributed by atoms with Gasteiger partial charge in [0.25, 0.3) is 0 Å². The highest BCUT2D eigenvalue weighted by Gasteiger charge is 2.35. The average molecular weight is 230 g/mol. The average Bonchev–Trinajstić information content (AvgIpc) is 3.10. The van der Waals surface area contributed by atoms with Gasteiger partial charge in [-0.2, -0.15) is 0 Å². The molecular weight excluding hydrogens is 204 g/mol. The second-order valence-corrected chi connectivity index (χ2v) is 5.26. The molecule has 1 saturated heterocycles. The van der Waals surface area contributed by atoms with E-state index < -0.39 is 0 Å². The Morgan fingerprint density at radius 1 is 1.19 bits per heavy atom. The van der Waals surface area contributed by atoms with Gasteiger partial charge in [-0.3, -0.25) is 0 Å². The Morgan fingerprint density at radius 2 is 1.75 bits per heavy atom. The van der Waals surface area contributed by atoms with Gasteiger partial charge < -0.3 is 14.2 Å². The topological polar surface area (TPSA) is 31.0 Å². The van der Waals surface area contributed by atoms with Crippen molar-refractivity contribution in [1.82, 2.24) is 0 Å². The summed E-state index contributed by atoms with van der Waals surface area (Å²) >= 11 is 0. The molecule has 3 heteroatoms. The Bertz CT molecular complexity index is 209. The van der Waals surface area contributed by atoms with Crippen molar-refractivity contribution in [3.63, 3.8) is 0 Å². The Kier molecular flexibility index (Phi) is 4.77. The van der Waals surface area contributed by atoms with E-state index >= 15 is 0 Å². The SMILES string of the molecule is CCC(C)(COC(C)(CC)CC1CO1)OC. The molecule has 0 radical (unpaired) electrons. The fourth-order valence-electron chi connectivity index (χ4n) is 1.61. The minimum Gasteiger partial charge on any atom is -0.376 e. The van der Waals surface area contributed by atoms with E-state index in [1.807, 2.05) is 0 Å². The van der Waals surface area contributed by atoms with Crippen LogP contribution in [-0.2, 0) is 14.2 Å². The quantitative estimate of drug-likeness (QED) is 0.601. The summed E-state index contributed by atoms with van der Waals surface area (Å²) in [6.07, 6.45) is 3.38. The van der Waals surface area contributed by atoms with Crippen molar-refractivity contribution < 1.29 is 14.2 Å². The number of ether oxygens (including phenoxy) is 3. The third-order valence-corrected chi connectivity index (χ3v) is 3.78. The monoisotopic (exact) mass is 230 g/mol. The first-order valence-electron chi connectivity index (χ1n) is 6.27. The summed E-state index contributed by atoms with van der Waals surface area (Å²) in [5, 5.41) is 0. The highest BCUT2D eigenvalue weighted by molar-refractivity contribution is 4.85. The number of methoxy groups -OCH3 is 1. The Hall–Kier alpha value is -0.120. The summed E-state index contributed by atoms with van der Waals surface area (Å²) in [6, 6.07) is 0. The maximum Gasteiger partial charge on any atom is 0.0880 e. The van der Waals surface area contributed by atoms with E-state index in [1.165, 1.54) is 0 Å². The lowest BCUT2D eigenvalue weighted by Crippen LogP contribution is -2.39. The fraction of sp³-hybridized carbons (Fsp3) is 1.00. The summed E-state index contributed by atoms with van der Waals surface area (Å²) in [4.78, 5) is 0. The molecule has 0 N–H and O–H groups in total. The molecule has 0 spiro atoms. The second-order valence-electron chi connectivity index (χ2n) is 5.26. The Balaban J connectivity index is 2.42. The highest BCUT2D eigenvalue weighted by atomic mass is 16.6. The van der Waals surface area contributed by atoms with E-state index in [1.54, 1.807) is 7.11 Å². The van der Waals surface area contributed by atoms with Crippen molar-refractivity contribution in [3.05, 3.63) is 0 Å². The maximum atomic E-state index is 6.07. The minimum absolute atomic E-state index is 0.0733. The van der Waals surface area contributed by atoms with Crippen LogP contribution in [0.15, 0.2) is 0 Å². The van der Waals surface area contributed by atoms with E-state index in [9.17, 15) is 0 Å². The van der Waals surface area contributed by atoms with E-state index in [4.69, 9.17) is 14.2 Å². The fourth-order valence-corrected chi connectivity index (χ4v) is 1.61. The predicted octanol–water partition coefficient (Wildman–Crippen LogP) is 2.78. The smallest absolute Gasteiger partial charge is 0.0880 e. The zero-order valence-electron chi connectivity index (χ0n) is 11.3. The summed E-state index contributed by atoms with van der Waals surface area (Å²) in [7, 11) is 1.75. The second kappa shape index (κ2) is 5.48. The maximum absolute atomic E-state index is 6.07. The van der Waals surface area contributed by atoms with Crippen LogP contribution in [0.1, 0.15) is 47.0 Å². The minimum atomic E-state index is -0.166. The van der Waals surface area contributed by atoms with Crippen molar-refractivity contribution in [1.29, 1.82) is 0 Å². The first-order chi connectivity index (χ1) is 7.47. The molecule has 0 amide bonds. The number of rotatable bonds is 8. The van der Waals surface area contributed by atoms with Crippen LogP contribution in [0.2, 0.25) is 0 Å². The van der Waals surface area contributed by atoms with Crippen LogP contribution in [0.5, 0.6) is 0 Å². The number of hydrogen-bond acceptors (Lipinski definition) is 3.